The molecular weight excluding hydrogens is 260 g/mol. The molecule has 0 radical (unpaired) electrons. The summed E-state index contributed by atoms with van der Waals surface area (Å²) < 4.78 is 28.2. The van der Waals surface area contributed by atoms with E-state index in [4.69, 9.17) is 0 Å². The quantitative estimate of drug-likeness (QED) is 0.844. The van der Waals surface area contributed by atoms with Crippen LogP contribution < -0.4 is 5.32 Å². The normalized spacial score (nSPS) is 13.2. The molecule has 0 aliphatic carbocycles. The zero-order chi connectivity index (χ0) is 14.5. The van der Waals surface area contributed by atoms with Crippen molar-refractivity contribution in [1.82, 2.24) is 14.9 Å². The van der Waals surface area contributed by atoms with Gasteiger partial charge in [0.1, 0.15) is 5.82 Å². The molecule has 0 fully saturated rings. The van der Waals surface area contributed by atoms with Gasteiger partial charge < -0.3 is 9.88 Å². The summed E-state index contributed by atoms with van der Waals surface area (Å²) in [6.45, 7) is 5.31. The minimum absolute atomic E-state index is 0.250. The molecule has 0 amide bonds. The van der Waals surface area contributed by atoms with E-state index in [9.17, 15) is 8.78 Å². The van der Waals surface area contributed by atoms with Gasteiger partial charge in [0, 0.05) is 13.0 Å². The standard InChI is InChI=1S/C15H21F2N3/c1-3-9-18-12(15(16)17)10-14-19-11-7-5-6-8-13(11)20(14)4-2/h5-8,12,15,18H,3-4,9-10H2,1-2H3. The van der Waals surface area contributed by atoms with Crippen LogP contribution in [0.15, 0.2) is 24.3 Å². The lowest BCUT2D eigenvalue weighted by atomic mass is 10.2. The highest BCUT2D eigenvalue weighted by atomic mass is 19.3. The van der Waals surface area contributed by atoms with Crippen molar-refractivity contribution in [2.75, 3.05) is 6.54 Å². The summed E-state index contributed by atoms with van der Waals surface area (Å²) in [5.74, 6) is 0.725. The summed E-state index contributed by atoms with van der Waals surface area (Å²) in [6, 6.07) is 6.92. The predicted octanol–water partition coefficient (Wildman–Crippen LogP) is 3.23. The van der Waals surface area contributed by atoms with Crippen molar-refractivity contribution in [3.8, 4) is 0 Å². The first kappa shape index (κ1) is 14.9. The van der Waals surface area contributed by atoms with E-state index in [0.717, 1.165) is 29.8 Å². The Labute approximate surface area is 118 Å². The van der Waals surface area contributed by atoms with Gasteiger partial charge in [-0.15, -0.1) is 0 Å². The summed E-state index contributed by atoms with van der Waals surface area (Å²) in [7, 11) is 0. The van der Waals surface area contributed by atoms with Gasteiger partial charge in [-0.1, -0.05) is 19.1 Å². The third-order valence-corrected chi connectivity index (χ3v) is 3.41. The Morgan fingerprint density at radius 1 is 1.25 bits per heavy atom. The van der Waals surface area contributed by atoms with Crippen molar-refractivity contribution in [3.05, 3.63) is 30.1 Å². The summed E-state index contributed by atoms with van der Waals surface area (Å²) >= 11 is 0. The molecule has 1 aromatic heterocycles. The molecule has 0 aliphatic heterocycles. The third-order valence-electron chi connectivity index (χ3n) is 3.41. The number of halogens is 2. The Kier molecular flexibility index (Phi) is 5.06. The van der Waals surface area contributed by atoms with Gasteiger partial charge in [-0.05, 0) is 32.0 Å². The van der Waals surface area contributed by atoms with Crippen LogP contribution in [-0.4, -0.2) is 28.6 Å². The first-order valence-corrected chi connectivity index (χ1v) is 7.13. The number of nitrogens with zero attached hydrogens (tertiary/aromatic N) is 2. The number of rotatable bonds is 7. The van der Waals surface area contributed by atoms with Gasteiger partial charge in [-0.2, -0.15) is 0 Å². The molecule has 1 N–H and O–H groups in total. The molecule has 0 saturated carbocycles. The number of fused-ring (bicyclic) bond motifs is 1. The van der Waals surface area contributed by atoms with Crippen molar-refractivity contribution in [3.63, 3.8) is 0 Å². The van der Waals surface area contributed by atoms with E-state index in [1.807, 2.05) is 42.7 Å². The first-order chi connectivity index (χ1) is 9.67. The van der Waals surface area contributed by atoms with E-state index in [0.29, 0.717) is 6.54 Å². The smallest absolute Gasteiger partial charge is 0.254 e. The average Bonchev–Trinajstić information content (AvgIpc) is 2.80. The van der Waals surface area contributed by atoms with Crippen LogP contribution in [0.1, 0.15) is 26.1 Å². The largest absolute Gasteiger partial charge is 0.328 e. The number of hydrogen-bond donors (Lipinski definition) is 1. The van der Waals surface area contributed by atoms with Crippen LogP contribution in [0.2, 0.25) is 0 Å². The Morgan fingerprint density at radius 2 is 2.00 bits per heavy atom. The molecule has 0 bridgehead atoms. The van der Waals surface area contributed by atoms with Crippen LogP contribution in [-0.2, 0) is 13.0 Å². The van der Waals surface area contributed by atoms with E-state index in [2.05, 4.69) is 10.3 Å². The van der Waals surface area contributed by atoms with Crippen molar-refractivity contribution in [2.45, 2.75) is 45.7 Å². The highest BCUT2D eigenvalue weighted by Crippen LogP contribution is 2.18. The minimum atomic E-state index is -2.38. The molecule has 110 valence electrons. The van der Waals surface area contributed by atoms with Crippen LogP contribution in [0, 0.1) is 0 Å². The molecule has 1 atom stereocenters. The van der Waals surface area contributed by atoms with Gasteiger partial charge in [0.2, 0.25) is 0 Å². The van der Waals surface area contributed by atoms with Gasteiger partial charge in [-0.25, -0.2) is 13.8 Å². The molecule has 2 aromatic rings. The molecule has 1 aromatic carbocycles. The third kappa shape index (κ3) is 3.15. The SMILES string of the molecule is CCCNC(Cc1nc2ccccc2n1CC)C(F)F. The second-order valence-electron chi connectivity index (χ2n) is 4.86. The Hall–Kier alpha value is -1.49. The number of benzene rings is 1. The summed E-state index contributed by atoms with van der Waals surface area (Å²) in [5.41, 5.74) is 1.88. The number of imidazole rings is 1. The fraction of sp³-hybridized carbons (Fsp3) is 0.533. The van der Waals surface area contributed by atoms with E-state index in [-0.39, 0.29) is 6.42 Å². The fourth-order valence-corrected chi connectivity index (χ4v) is 2.41. The summed E-state index contributed by atoms with van der Waals surface area (Å²) in [5, 5.41) is 2.91. The van der Waals surface area contributed by atoms with Crippen LogP contribution in [0.5, 0.6) is 0 Å². The molecule has 20 heavy (non-hydrogen) atoms. The summed E-state index contributed by atoms with van der Waals surface area (Å²) in [4.78, 5) is 4.50. The van der Waals surface area contributed by atoms with Crippen molar-refractivity contribution in [2.24, 2.45) is 0 Å². The highest BCUT2D eigenvalue weighted by Gasteiger charge is 2.22. The Morgan fingerprint density at radius 3 is 2.65 bits per heavy atom. The number of alkyl halides is 2. The highest BCUT2D eigenvalue weighted by molar-refractivity contribution is 5.75. The molecule has 1 heterocycles. The number of aryl methyl sites for hydroxylation is 1. The van der Waals surface area contributed by atoms with Crippen LogP contribution in [0.3, 0.4) is 0 Å². The molecule has 1 unspecified atom stereocenters. The Bertz CT molecular complexity index is 551. The van der Waals surface area contributed by atoms with Crippen molar-refractivity contribution < 1.29 is 8.78 Å². The molecule has 3 nitrogen and oxygen atoms in total. The van der Waals surface area contributed by atoms with Gasteiger partial charge in [0.25, 0.3) is 6.43 Å². The van der Waals surface area contributed by atoms with E-state index >= 15 is 0 Å². The molecule has 0 saturated heterocycles. The monoisotopic (exact) mass is 281 g/mol. The maximum atomic E-state index is 13.1. The molecular formula is C15H21F2N3. The maximum absolute atomic E-state index is 13.1. The fourth-order valence-electron chi connectivity index (χ4n) is 2.41. The second-order valence-corrected chi connectivity index (χ2v) is 4.86. The number of para-hydroxylation sites is 2. The lowest BCUT2D eigenvalue weighted by Gasteiger charge is -2.17. The van der Waals surface area contributed by atoms with Crippen LogP contribution in [0.25, 0.3) is 11.0 Å². The predicted molar refractivity (Wildman–Crippen MR) is 77.2 cm³/mol. The first-order valence-electron chi connectivity index (χ1n) is 7.13. The topological polar surface area (TPSA) is 29.9 Å². The number of nitrogens with one attached hydrogen (secondary N) is 1. The number of hydrogen-bond acceptors (Lipinski definition) is 2. The molecule has 0 spiro atoms. The molecule has 2 rings (SSSR count). The van der Waals surface area contributed by atoms with E-state index in [1.165, 1.54) is 0 Å². The maximum Gasteiger partial charge on any atom is 0.254 e. The van der Waals surface area contributed by atoms with E-state index in [1.54, 1.807) is 0 Å². The lowest BCUT2D eigenvalue weighted by molar-refractivity contribution is 0.0970. The molecule has 5 heteroatoms. The minimum Gasteiger partial charge on any atom is -0.328 e. The van der Waals surface area contributed by atoms with E-state index < -0.39 is 12.5 Å². The second kappa shape index (κ2) is 6.79. The van der Waals surface area contributed by atoms with Crippen LogP contribution >= 0.6 is 0 Å². The van der Waals surface area contributed by atoms with Crippen molar-refractivity contribution in [1.29, 1.82) is 0 Å². The zero-order valence-electron chi connectivity index (χ0n) is 11.9. The Balaban J connectivity index is 2.26. The van der Waals surface area contributed by atoms with Gasteiger partial charge in [0.15, 0.2) is 0 Å². The van der Waals surface area contributed by atoms with Gasteiger partial charge in [0.05, 0.1) is 17.1 Å². The van der Waals surface area contributed by atoms with Crippen LogP contribution in [0.4, 0.5) is 8.78 Å². The van der Waals surface area contributed by atoms with Crippen molar-refractivity contribution >= 4 is 11.0 Å². The van der Waals surface area contributed by atoms with Gasteiger partial charge >= 0.3 is 0 Å². The molecule has 0 aliphatic rings. The average molecular weight is 281 g/mol. The summed E-state index contributed by atoms with van der Waals surface area (Å²) in [6.07, 6.45) is -1.29. The van der Waals surface area contributed by atoms with Gasteiger partial charge in [-0.3, -0.25) is 0 Å². The number of aromatic nitrogens is 2. The lowest BCUT2D eigenvalue weighted by Crippen LogP contribution is -2.38. The zero-order valence-corrected chi connectivity index (χ0v) is 11.9.